The number of rotatable bonds is 2. The molecule has 118 valence electrons. The van der Waals surface area contributed by atoms with Crippen LogP contribution in [0.25, 0.3) is 42.7 Å². The Morgan fingerprint density at radius 2 is 1.28 bits per heavy atom. The zero-order valence-corrected chi connectivity index (χ0v) is 14.2. The minimum absolute atomic E-state index is 0.952. The molecule has 0 saturated carbocycles. The minimum atomic E-state index is 0.952. The molecule has 1 heterocycles. The molecule has 0 unspecified atom stereocenters. The first-order valence-corrected chi connectivity index (χ1v) is 9.01. The highest BCUT2D eigenvalue weighted by atomic mass is 32.1. The van der Waals surface area contributed by atoms with Crippen LogP contribution < -0.4 is 0 Å². The third-order valence-electron chi connectivity index (χ3n) is 4.44. The molecule has 0 spiro atoms. The summed E-state index contributed by atoms with van der Waals surface area (Å²) in [5.74, 6) is 0. The first-order chi connectivity index (χ1) is 12.4. The van der Waals surface area contributed by atoms with Gasteiger partial charge < -0.3 is 0 Å². The van der Waals surface area contributed by atoms with Crippen molar-refractivity contribution in [3.8, 4) is 21.1 Å². The lowest BCUT2D eigenvalue weighted by Crippen LogP contribution is -1.80. The van der Waals surface area contributed by atoms with Gasteiger partial charge in [-0.2, -0.15) is 0 Å². The highest BCUT2D eigenvalue weighted by Crippen LogP contribution is 2.34. The maximum atomic E-state index is 4.46. The van der Waals surface area contributed by atoms with Crippen LogP contribution in [0.5, 0.6) is 0 Å². The van der Waals surface area contributed by atoms with Crippen LogP contribution in [-0.4, -0.2) is 10.2 Å². The topological polar surface area (TPSA) is 25.8 Å². The molecular weight excluding hydrogens is 324 g/mol. The average molecular weight is 338 g/mol. The van der Waals surface area contributed by atoms with E-state index in [1.165, 1.54) is 21.5 Å². The van der Waals surface area contributed by atoms with Gasteiger partial charge in [0.25, 0.3) is 0 Å². The van der Waals surface area contributed by atoms with E-state index in [9.17, 15) is 0 Å². The number of fused-ring (bicyclic) bond motifs is 2. The monoisotopic (exact) mass is 338 g/mol. The van der Waals surface area contributed by atoms with E-state index in [4.69, 9.17) is 0 Å². The lowest BCUT2D eigenvalue weighted by molar-refractivity contribution is 1.10. The summed E-state index contributed by atoms with van der Waals surface area (Å²) in [4.78, 5) is 0. The van der Waals surface area contributed by atoms with Crippen LogP contribution in [0.1, 0.15) is 0 Å². The van der Waals surface area contributed by atoms with E-state index in [1.807, 2.05) is 0 Å². The second kappa shape index (κ2) is 5.80. The molecule has 0 aliphatic heterocycles. The molecule has 0 N–H and O–H groups in total. The van der Waals surface area contributed by atoms with Crippen LogP contribution >= 0.6 is 11.3 Å². The summed E-state index contributed by atoms with van der Waals surface area (Å²) in [6, 6.07) is 29.6. The molecule has 0 atom stereocenters. The lowest BCUT2D eigenvalue weighted by atomic mass is 10.1. The molecule has 2 nitrogen and oxygen atoms in total. The van der Waals surface area contributed by atoms with Crippen LogP contribution in [0.3, 0.4) is 0 Å². The van der Waals surface area contributed by atoms with Gasteiger partial charge in [-0.3, -0.25) is 0 Å². The van der Waals surface area contributed by atoms with Gasteiger partial charge in [0.15, 0.2) is 0 Å². The fraction of sp³-hybridized carbons (Fsp3) is 0. The minimum Gasteiger partial charge on any atom is -0.138 e. The molecule has 0 aliphatic rings. The number of hydrogen-bond acceptors (Lipinski definition) is 3. The van der Waals surface area contributed by atoms with Crippen LogP contribution in [-0.2, 0) is 0 Å². The van der Waals surface area contributed by atoms with Crippen molar-refractivity contribution in [1.82, 2.24) is 10.2 Å². The molecule has 0 fully saturated rings. The summed E-state index contributed by atoms with van der Waals surface area (Å²) < 4.78 is 0. The van der Waals surface area contributed by atoms with E-state index in [2.05, 4.69) is 95.1 Å². The number of nitrogens with zero attached hydrogens (tertiary/aromatic N) is 2. The normalized spacial score (nSPS) is 11.2. The highest BCUT2D eigenvalue weighted by Gasteiger charge is 2.11. The van der Waals surface area contributed by atoms with E-state index in [0.717, 1.165) is 21.1 Å². The Kier molecular flexibility index (Phi) is 3.32. The van der Waals surface area contributed by atoms with E-state index >= 15 is 0 Å². The fourth-order valence-corrected chi connectivity index (χ4v) is 4.06. The predicted molar refractivity (Wildman–Crippen MR) is 106 cm³/mol. The summed E-state index contributed by atoms with van der Waals surface area (Å²) in [6.07, 6.45) is 0. The van der Waals surface area contributed by atoms with Gasteiger partial charge >= 0.3 is 0 Å². The molecule has 1 aromatic heterocycles. The van der Waals surface area contributed by atoms with Crippen LogP contribution in [0.2, 0.25) is 0 Å². The Bertz CT molecular complexity index is 1200. The van der Waals surface area contributed by atoms with Crippen molar-refractivity contribution in [2.75, 3.05) is 0 Å². The molecular formula is C22H14N2S. The molecule has 4 aromatic carbocycles. The lowest BCUT2D eigenvalue weighted by Gasteiger charge is -2.02. The third kappa shape index (κ3) is 2.49. The number of aromatic nitrogens is 2. The molecule has 0 amide bonds. The van der Waals surface area contributed by atoms with Gasteiger partial charge in [0.1, 0.15) is 10.0 Å². The van der Waals surface area contributed by atoms with E-state index in [0.29, 0.717) is 0 Å². The zero-order valence-electron chi connectivity index (χ0n) is 13.4. The van der Waals surface area contributed by atoms with Crippen LogP contribution in [0.15, 0.2) is 84.9 Å². The van der Waals surface area contributed by atoms with Crippen molar-refractivity contribution >= 4 is 32.9 Å². The van der Waals surface area contributed by atoms with Crippen molar-refractivity contribution in [2.45, 2.75) is 0 Å². The Labute approximate surface area is 149 Å². The first-order valence-electron chi connectivity index (χ1n) is 8.19. The Balaban J connectivity index is 1.62. The van der Waals surface area contributed by atoms with Gasteiger partial charge in [0.05, 0.1) is 0 Å². The molecule has 25 heavy (non-hydrogen) atoms. The van der Waals surface area contributed by atoms with Gasteiger partial charge in [0.2, 0.25) is 0 Å². The molecule has 0 aliphatic carbocycles. The second-order valence-corrected chi connectivity index (χ2v) is 6.98. The molecule has 5 rings (SSSR count). The van der Waals surface area contributed by atoms with Crippen molar-refractivity contribution in [3.63, 3.8) is 0 Å². The van der Waals surface area contributed by atoms with Gasteiger partial charge in [-0.05, 0) is 27.6 Å². The van der Waals surface area contributed by atoms with Gasteiger partial charge in [-0.15, -0.1) is 10.2 Å². The maximum Gasteiger partial charge on any atom is 0.148 e. The summed E-state index contributed by atoms with van der Waals surface area (Å²) in [5.41, 5.74) is 2.25. The molecule has 0 bridgehead atoms. The van der Waals surface area contributed by atoms with Crippen LogP contribution in [0.4, 0.5) is 0 Å². The van der Waals surface area contributed by atoms with E-state index < -0.39 is 0 Å². The summed E-state index contributed by atoms with van der Waals surface area (Å²) >= 11 is 1.64. The zero-order chi connectivity index (χ0) is 16.6. The maximum absolute atomic E-state index is 4.46. The first kappa shape index (κ1) is 14.3. The smallest absolute Gasteiger partial charge is 0.138 e. The predicted octanol–water partition coefficient (Wildman–Crippen LogP) is 6.18. The Morgan fingerprint density at radius 3 is 2.20 bits per heavy atom. The number of benzene rings is 4. The van der Waals surface area contributed by atoms with E-state index in [1.54, 1.807) is 11.3 Å². The largest absolute Gasteiger partial charge is 0.148 e. The van der Waals surface area contributed by atoms with Crippen molar-refractivity contribution in [1.29, 1.82) is 0 Å². The second-order valence-electron chi connectivity index (χ2n) is 6.00. The summed E-state index contributed by atoms with van der Waals surface area (Å²) in [7, 11) is 0. The van der Waals surface area contributed by atoms with Gasteiger partial charge in [-0.1, -0.05) is 90.2 Å². The summed E-state index contributed by atoms with van der Waals surface area (Å²) in [6.45, 7) is 0. The van der Waals surface area contributed by atoms with Gasteiger partial charge in [0, 0.05) is 11.1 Å². The van der Waals surface area contributed by atoms with Gasteiger partial charge in [-0.25, -0.2) is 0 Å². The van der Waals surface area contributed by atoms with Crippen LogP contribution in [0, 0.1) is 0 Å². The highest BCUT2D eigenvalue weighted by molar-refractivity contribution is 7.18. The Hall–Kier alpha value is -3.04. The summed E-state index contributed by atoms with van der Waals surface area (Å²) in [5, 5.41) is 15.7. The van der Waals surface area contributed by atoms with Crippen molar-refractivity contribution < 1.29 is 0 Å². The molecule has 0 radical (unpaired) electrons. The third-order valence-corrected chi connectivity index (χ3v) is 5.45. The standard InChI is InChI=1S/C22H14N2S/c1-2-8-17-14-18(13-12-15(17)6-1)21-23-24-22(25-21)20-11-5-9-16-7-3-4-10-19(16)20/h1-14H. The fourth-order valence-electron chi connectivity index (χ4n) is 3.18. The Morgan fingerprint density at radius 1 is 0.560 bits per heavy atom. The molecule has 3 heteroatoms. The van der Waals surface area contributed by atoms with Crippen molar-refractivity contribution in [3.05, 3.63) is 84.9 Å². The average Bonchev–Trinajstić information content (AvgIpc) is 3.17. The molecule has 0 saturated heterocycles. The molecule has 5 aromatic rings. The van der Waals surface area contributed by atoms with Crippen molar-refractivity contribution in [2.24, 2.45) is 0 Å². The quantitative estimate of drug-likeness (QED) is 0.384. The number of hydrogen-bond donors (Lipinski definition) is 0. The SMILES string of the molecule is c1ccc2cc(-c3nnc(-c4cccc5ccccc45)s3)ccc2c1. The van der Waals surface area contributed by atoms with E-state index in [-0.39, 0.29) is 0 Å².